The lowest BCUT2D eigenvalue weighted by atomic mass is 9.85. The monoisotopic (exact) mass is 242 g/mol. The number of hydrogen-bond acceptors (Lipinski definition) is 3. The van der Waals surface area contributed by atoms with Crippen molar-refractivity contribution in [3.8, 4) is 0 Å². The van der Waals surface area contributed by atoms with E-state index in [1.165, 1.54) is 38.5 Å². The lowest BCUT2D eigenvalue weighted by Crippen LogP contribution is -2.36. The third kappa shape index (κ3) is 6.39. The van der Waals surface area contributed by atoms with Gasteiger partial charge in [-0.05, 0) is 59.4 Å². The van der Waals surface area contributed by atoms with Crippen molar-refractivity contribution in [2.75, 3.05) is 40.8 Å². The average Bonchev–Trinajstić information content (AvgIpc) is 2.29. The lowest BCUT2D eigenvalue weighted by Gasteiger charge is -2.29. The van der Waals surface area contributed by atoms with E-state index in [2.05, 4.69) is 30.9 Å². The Morgan fingerprint density at radius 1 is 1.06 bits per heavy atom. The van der Waals surface area contributed by atoms with Crippen molar-refractivity contribution in [3.63, 3.8) is 0 Å². The molecule has 1 saturated carbocycles. The minimum absolute atomic E-state index is 0.111. The van der Waals surface area contributed by atoms with Crippen LogP contribution in [0.4, 0.5) is 0 Å². The Morgan fingerprint density at radius 2 is 1.71 bits per heavy atom. The molecule has 0 aromatic carbocycles. The Balaban J connectivity index is 2.13. The van der Waals surface area contributed by atoms with E-state index >= 15 is 0 Å². The smallest absolute Gasteiger partial charge is 0.0695 e. The zero-order valence-electron chi connectivity index (χ0n) is 11.9. The topological polar surface area (TPSA) is 26.7 Å². The first-order chi connectivity index (χ1) is 8.09. The van der Waals surface area contributed by atoms with Crippen molar-refractivity contribution in [1.29, 1.82) is 0 Å². The molecule has 17 heavy (non-hydrogen) atoms. The van der Waals surface area contributed by atoms with Gasteiger partial charge in [-0.2, -0.15) is 0 Å². The molecule has 0 aliphatic heterocycles. The third-order valence-electron chi connectivity index (χ3n) is 3.84. The molecule has 1 rings (SSSR count). The highest BCUT2D eigenvalue weighted by molar-refractivity contribution is 4.75. The van der Waals surface area contributed by atoms with Crippen LogP contribution >= 0.6 is 0 Å². The van der Waals surface area contributed by atoms with Gasteiger partial charge in [0, 0.05) is 6.54 Å². The molecule has 1 aliphatic rings. The fourth-order valence-corrected chi connectivity index (χ4v) is 2.74. The summed E-state index contributed by atoms with van der Waals surface area (Å²) in [6, 6.07) is 0. The Kier molecular flexibility index (Phi) is 7.09. The summed E-state index contributed by atoms with van der Waals surface area (Å²) in [6.45, 7) is 3.06. The molecule has 0 saturated heterocycles. The minimum atomic E-state index is -0.111. The van der Waals surface area contributed by atoms with Crippen LogP contribution in [0.25, 0.3) is 0 Å². The number of rotatable bonds is 7. The molecule has 0 spiro atoms. The van der Waals surface area contributed by atoms with E-state index in [-0.39, 0.29) is 6.10 Å². The maximum absolute atomic E-state index is 10.2. The van der Waals surface area contributed by atoms with Gasteiger partial charge in [0.2, 0.25) is 0 Å². The molecule has 0 amide bonds. The average molecular weight is 242 g/mol. The Hall–Kier alpha value is -0.120. The molecule has 1 aliphatic carbocycles. The van der Waals surface area contributed by atoms with Gasteiger partial charge >= 0.3 is 0 Å². The van der Waals surface area contributed by atoms with Gasteiger partial charge in [-0.25, -0.2) is 0 Å². The van der Waals surface area contributed by atoms with Crippen LogP contribution in [0.15, 0.2) is 0 Å². The summed E-state index contributed by atoms with van der Waals surface area (Å²) < 4.78 is 0. The van der Waals surface area contributed by atoms with Gasteiger partial charge < -0.3 is 14.9 Å². The highest BCUT2D eigenvalue weighted by Gasteiger charge is 2.22. The van der Waals surface area contributed by atoms with Crippen LogP contribution in [0.2, 0.25) is 0 Å². The summed E-state index contributed by atoms with van der Waals surface area (Å²) in [4.78, 5) is 4.49. The number of hydrogen-bond donors (Lipinski definition) is 1. The quantitative estimate of drug-likeness (QED) is 0.737. The van der Waals surface area contributed by atoms with E-state index < -0.39 is 0 Å². The molecular formula is C14H30N2O. The van der Waals surface area contributed by atoms with Crippen molar-refractivity contribution in [3.05, 3.63) is 0 Å². The highest BCUT2D eigenvalue weighted by Crippen LogP contribution is 2.26. The lowest BCUT2D eigenvalue weighted by molar-refractivity contribution is 0.0543. The molecule has 3 nitrogen and oxygen atoms in total. The second-order valence-corrected chi connectivity index (χ2v) is 5.88. The second kappa shape index (κ2) is 8.06. The van der Waals surface area contributed by atoms with Gasteiger partial charge in [0.15, 0.2) is 0 Å². The molecule has 0 radical (unpaired) electrons. The van der Waals surface area contributed by atoms with Crippen molar-refractivity contribution in [2.45, 2.75) is 44.6 Å². The minimum Gasteiger partial charge on any atom is -0.392 e. The number of aliphatic hydroxyl groups is 1. The van der Waals surface area contributed by atoms with E-state index in [4.69, 9.17) is 0 Å². The number of nitrogens with zero attached hydrogens (tertiary/aromatic N) is 2. The van der Waals surface area contributed by atoms with Crippen LogP contribution in [0.5, 0.6) is 0 Å². The first-order valence-electron chi connectivity index (χ1n) is 7.11. The summed E-state index contributed by atoms with van der Waals surface area (Å²) in [7, 11) is 6.34. The van der Waals surface area contributed by atoms with Gasteiger partial charge in [0.1, 0.15) is 0 Å². The SMILES string of the molecule is CN(C)CCCN(C)CC(O)C1CCCCC1. The fraction of sp³-hybridized carbons (Fsp3) is 1.00. The zero-order chi connectivity index (χ0) is 12.7. The summed E-state index contributed by atoms with van der Waals surface area (Å²) >= 11 is 0. The Morgan fingerprint density at radius 3 is 2.29 bits per heavy atom. The fourth-order valence-electron chi connectivity index (χ4n) is 2.74. The molecule has 0 aromatic heterocycles. The number of aliphatic hydroxyl groups excluding tert-OH is 1. The summed E-state index contributed by atoms with van der Waals surface area (Å²) in [5.74, 6) is 0.556. The van der Waals surface area contributed by atoms with Gasteiger partial charge in [-0.3, -0.25) is 0 Å². The van der Waals surface area contributed by atoms with E-state index in [0.29, 0.717) is 5.92 Å². The van der Waals surface area contributed by atoms with Crippen molar-refractivity contribution < 1.29 is 5.11 Å². The van der Waals surface area contributed by atoms with Crippen LogP contribution < -0.4 is 0 Å². The Bertz CT molecular complexity index is 191. The maximum Gasteiger partial charge on any atom is 0.0695 e. The standard InChI is InChI=1S/C14H30N2O/c1-15(2)10-7-11-16(3)12-14(17)13-8-5-4-6-9-13/h13-14,17H,4-12H2,1-3H3. The highest BCUT2D eigenvalue weighted by atomic mass is 16.3. The van der Waals surface area contributed by atoms with Gasteiger partial charge in [-0.15, -0.1) is 0 Å². The van der Waals surface area contributed by atoms with E-state index in [0.717, 1.165) is 19.6 Å². The maximum atomic E-state index is 10.2. The molecule has 1 atom stereocenters. The molecule has 1 fully saturated rings. The van der Waals surface area contributed by atoms with Crippen LogP contribution in [0, 0.1) is 5.92 Å². The van der Waals surface area contributed by atoms with Gasteiger partial charge in [0.05, 0.1) is 6.10 Å². The van der Waals surface area contributed by atoms with Crippen LogP contribution in [0.3, 0.4) is 0 Å². The zero-order valence-corrected chi connectivity index (χ0v) is 11.9. The molecule has 102 valence electrons. The summed E-state index contributed by atoms with van der Waals surface area (Å²) in [5.41, 5.74) is 0. The van der Waals surface area contributed by atoms with Crippen molar-refractivity contribution in [2.24, 2.45) is 5.92 Å². The molecular weight excluding hydrogens is 212 g/mol. The molecule has 3 heteroatoms. The predicted molar refractivity (Wildman–Crippen MR) is 73.2 cm³/mol. The van der Waals surface area contributed by atoms with Crippen molar-refractivity contribution in [1.82, 2.24) is 9.80 Å². The van der Waals surface area contributed by atoms with Crippen LogP contribution in [-0.4, -0.2) is 61.8 Å². The van der Waals surface area contributed by atoms with Crippen LogP contribution in [0.1, 0.15) is 38.5 Å². The number of likely N-dealkylation sites (N-methyl/N-ethyl adjacent to an activating group) is 1. The molecule has 0 heterocycles. The molecule has 0 bridgehead atoms. The van der Waals surface area contributed by atoms with Crippen LogP contribution in [-0.2, 0) is 0 Å². The summed E-state index contributed by atoms with van der Waals surface area (Å²) in [6.07, 6.45) is 7.51. The van der Waals surface area contributed by atoms with E-state index in [1.54, 1.807) is 0 Å². The van der Waals surface area contributed by atoms with E-state index in [1.807, 2.05) is 0 Å². The molecule has 0 aromatic rings. The van der Waals surface area contributed by atoms with E-state index in [9.17, 15) is 5.11 Å². The first kappa shape index (κ1) is 14.9. The van der Waals surface area contributed by atoms with Gasteiger partial charge in [0.25, 0.3) is 0 Å². The third-order valence-corrected chi connectivity index (χ3v) is 3.84. The molecule has 1 N–H and O–H groups in total. The Labute approximate surface area is 107 Å². The van der Waals surface area contributed by atoms with Gasteiger partial charge in [-0.1, -0.05) is 19.3 Å². The van der Waals surface area contributed by atoms with Crippen molar-refractivity contribution >= 4 is 0 Å². The normalized spacial score (nSPS) is 20.1. The largest absolute Gasteiger partial charge is 0.392 e. The summed E-state index contributed by atoms with van der Waals surface area (Å²) in [5, 5.41) is 10.2. The molecule has 1 unspecified atom stereocenters. The second-order valence-electron chi connectivity index (χ2n) is 5.88. The first-order valence-corrected chi connectivity index (χ1v) is 7.11. The predicted octanol–water partition coefficient (Wildman–Crippen LogP) is 1.81.